The first-order valence-electron chi connectivity index (χ1n) is 8.60. The Bertz CT molecular complexity index is 564. The van der Waals surface area contributed by atoms with Crippen LogP contribution in [0.2, 0.25) is 0 Å². The van der Waals surface area contributed by atoms with Crippen LogP contribution in [0.3, 0.4) is 0 Å². The molecular formula is C18H26N2O2. The Balaban J connectivity index is 1.89. The zero-order chi connectivity index (χ0) is 15.7. The Morgan fingerprint density at radius 3 is 2.59 bits per heavy atom. The highest BCUT2D eigenvalue weighted by Gasteiger charge is 2.35. The van der Waals surface area contributed by atoms with Gasteiger partial charge in [0.05, 0.1) is 6.42 Å². The summed E-state index contributed by atoms with van der Waals surface area (Å²) in [6, 6.07) is 4.65. The number of aryl methyl sites for hydroxylation is 1. The zero-order valence-electron chi connectivity index (χ0n) is 13.7. The van der Waals surface area contributed by atoms with Crippen LogP contribution in [0, 0.1) is 5.21 Å². The van der Waals surface area contributed by atoms with Crippen molar-refractivity contribution in [3.8, 4) is 0 Å². The summed E-state index contributed by atoms with van der Waals surface area (Å²) < 4.78 is 0. The van der Waals surface area contributed by atoms with Crippen molar-refractivity contribution < 1.29 is 9.86 Å². The molecule has 0 bridgehead atoms. The van der Waals surface area contributed by atoms with E-state index in [0.29, 0.717) is 12.5 Å². The highest BCUT2D eigenvalue weighted by molar-refractivity contribution is 5.81. The average Bonchev–Trinajstić information content (AvgIpc) is 2.82. The number of carbonyl (C=O) groups is 1. The van der Waals surface area contributed by atoms with E-state index in [1.54, 1.807) is 0 Å². The van der Waals surface area contributed by atoms with Crippen LogP contribution < -0.4 is 5.06 Å². The third kappa shape index (κ3) is 2.71. The molecule has 2 aliphatic rings. The molecule has 0 radical (unpaired) electrons. The minimum atomic E-state index is -0.245. The Kier molecular flexibility index (Phi) is 4.62. The van der Waals surface area contributed by atoms with Crippen molar-refractivity contribution in [2.24, 2.45) is 0 Å². The van der Waals surface area contributed by atoms with E-state index in [1.807, 2.05) is 6.07 Å². The maximum atomic E-state index is 12.2. The average molecular weight is 302 g/mol. The molecule has 2 atom stereocenters. The number of hydrogen-bond acceptors (Lipinski definition) is 3. The van der Waals surface area contributed by atoms with E-state index in [4.69, 9.17) is 0 Å². The van der Waals surface area contributed by atoms with Crippen molar-refractivity contribution in [2.45, 2.75) is 58.4 Å². The van der Waals surface area contributed by atoms with Crippen molar-refractivity contribution in [3.05, 3.63) is 34.0 Å². The number of benzene rings is 1. The molecule has 1 N–H and O–H groups in total. The maximum absolute atomic E-state index is 12.2. The number of hydroxylamine groups is 1. The summed E-state index contributed by atoms with van der Waals surface area (Å²) in [6.07, 6.45) is 5.74. The number of fused-ring (bicyclic) bond motifs is 3. The maximum Gasteiger partial charge on any atom is 0.321 e. The van der Waals surface area contributed by atoms with Crippen molar-refractivity contribution in [1.29, 1.82) is 0 Å². The molecule has 1 aromatic rings. The van der Waals surface area contributed by atoms with Crippen LogP contribution in [-0.2, 0) is 24.1 Å². The first-order valence-corrected chi connectivity index (χ1v) is 8.60. The van der Waals surface area contributed by atoms with Gasteiger partial charge >= 0.3 is 5.91 Å². The number of rotatable bonds is 5. The van der Waals surface area contributed by atoms with Gasteiger partial charge in [-0.1, -0.05) is 26.0 Å². The van der Waals surface area contributed by atoms with Crippen LogP contribution >= 0.6 is 0 Å². The molecule has 1 aliphatic heterocycles. The number of amides is 1. The predicted octanol–water partition coefficient (Wildman–Crippen LogP) is 1.76. The van der Waals surface area contributed by atoms with Crippen LogP contribution in [-0.4, -0.2) is 29.9 Å². The number of hydrogen-bond donors (Lipinski definition) is 1. The molecule has 22 heavy (non-hydrogen) atoms. The summed E-state index contributed by atoms with van der Waals surface area (Å²) in [4.78, 5) is 14.4. The molecule has 0 saturated carbocycles. The number of carbonyl (C=O) groups excluding carboxylic acids is 1. The van der Waals surface area contributed by atoms with Gasteiger partial charge in [-0.3, -0.25) is 5.06 Å². The second-order valence-electron chi connectivity index (χ2n) is 6.60. The molecule has 1 amide bonds. The van der Waals surface area contributed by atoms with Gasteiger partial charge in [0, 0.05) is 17.2 Å². The molecule has 3 rings (SSSR count). The molecule has 120 valence electrons. The van der Waals surface area contributed by atoms with Gasteiger partial charge < -0.3 is 10.1 Å². The van der Waals surface area contributed by atoms with Gasteiger partial charge in [0.2, 0.25) is 0 Å². The van der Waals surface area contributed by atoms with Crippen molar-refractivity contribution >= 4 is 11.6 Å². The van der Waals surface area contributed by atoms with E-state index in [-0.39, 0.29) is 11.0 Å². The largest absolute Gasteiger partial charge is 0.621 e. The lowest BCUT2D eigenvalue weighted by molar-refractivity contribution is -0.684. The minimum Gasteiger partial charge on any atom is -0.621 e. The van der Waals surface area contributed by atoms with Crippen LogP contribution in [0.5, 0.6) is 0 Å². The van der Waals surface area contributed by atoms with Crippen LogP contribution in [0.4, 0.5) is 5.69 Å². The molecule has 0 aromatic heterocycles. The molecule has 4 nitrogen and oxygen atoms in total. The number of quaternary nitrogens is 1. The molecule has 1 heterocycles. The molecular weight excluding hydrogens is 276 g/mol. The van der Waals surface area contributed by atoms with Gasteiger partial charge in [0.15, 0.2) is 0 Å². The number of nitrogens with one attached hydrogen (secondary N) is 1. The third-order valence-corrected chi connectivity index (χ3v) is 5.05. The Morgan fingerprint density at radius 1 is 1.23 bits per heavy atom. The highest BCUT2D eigenvalue weighted by atomic mass is 16.5. The fourth-order valence-corrected chi connectivity index (χ4v) is 4.05. The quantitative estimate of drug-likeness (QED) is 0.843. The Hall–Kier alpha value is -1.23. The lowest BCUT2D eigenvalue weighted by Gasteiger charge is -2.35. The molecule has 4 heteroatoms. The SMILES string of the molecule is CCCN(CCC)C1CCc2ccc3c(c2C1)[NH+]([O-])C(=O)C3. The van der Waals surface area contributed by atoms with Crippen LogP contribution in [0.25, 0.3) is 0 Å². The Labute approximate surface area is 132 Å². The lowest BCUT2D eigenvalue weighted by Crippen LogP contribution is -3.03. The molecule has 0 spiro atoms. The normalized spacial score (nSPS) is 23.7. The molecule has 0 saturated heterocycles. The van der Waals surface area contributed by atoms with Crippen LogP contribution in [0.15, 0.2) is 12.1 Å². The van der Waals surface area contributed by atoms with E-state index in [1.165, 1.54) is 11.1 Å². The van der Waals surface area contributed by atoms with Crippen LogP contribution in [0.1, 0.15) is 49.8 Å². The summed E-state index contributed by atoms with van der Waals surface area (Å²) in [7, 11) is 0. The monoisotopic (exact) mass is 302 g/mol. The molecule has 0 fully saturated rings. The summed E-state index contributed by atoms with van der Waals surface area (Å²) >= 11 is 0. The van der Waals surface area contributed by atoms with Gasteiger partial charge in [0.1, 0.15) is 5.69 Å². The summed E-state index contributed by atoms with van der Waals surface area (Å²) in [6.45, 7) is 6.68. The highest BCUT2D eigenvalue weighted by Crippen LogP contribution is 2.33. The van der Waals surface area contributed by atoms with Gasteiger partial charge in [-0.15, -0.1) is 0 Å². The topological polar surface area (TPSA) is 47.8 Å². The first-order chi connectivity index (χ1) is 10.7. The van der Waals surface area contributed by atoms with E-state index >= 15 is 0 Å². The lowest BCUT2D eigenvalue weighted by atomic mass is 9.85. The standard InChI is InChI=1S/C18H26N2O2/c1-3-9-19(10-4-2)15-8-7-13-5-6-14-11-17(21)20(22)18(14)16(13)12-15/h5-6,15,20H,3-4,7-12H2,1-2H3. The van der Waals surface area contributed by atoms with E-state index in [2.05, 4.69) is 24.8 Å². The summed E-state index contributed by atoms with van der Waals surface area (Å²) in [5, 5.41) is 12.0. The third-order valence-electron chi connectivity index (χ3n) is 5.05. The number of nitrogens with zero attached hydrogens (tertiary/aromatic N) is 1. The molecule has 1 aliphatic carbocycles. The second kappa shape index (κ2) is 6.49. The zero-order valence-corrected chi connectivity index (χ0v) is 13.7. The van der Waals surface area contributed by atoms with E-state index < -0.39 is 0 Å². The fourth-order valence-electron chi connectivity index (χ4n) is 4.05. The summed E-state index contributed by atoms with van der Waals surface area (Å²) in [5.41, 5.74) is 4.15. The summed E-state index contributed by atoms with van der Waals surface area (Å²) in [5.74, 6) is -0.232. The van der Waals surface area contributed by atoms with Gasteiger partial charge in [-0.05, 0) is 50.8 Å². The van der Waals surface area contributed by atoms with Crippen molar-refractivity contribution in [1.82, 2.24) is 4.90 Å². The van der Waals surface area contributed by atoms with Crippen molar-refractivity contribution in [2.75, 3.05) is 13.1 Å². The Morgan fingerprint density at radius 2 is 1.91 bits per heavy atom. The second-order valence-corrected chi connectivity index (χ2v) is 6.60. The smallest absolute Gasteiger partial charge is 0.321 e. The van der Waals surface area contributed by atoms with Gasteiger partial charge in [-0.25, -0.2) is 4.79 Å². The molecule has 2 unspecified atom stereocenters. The minimum absolute atomic E-state index is 0.232. The van der Waals surface area contributed by atoms with E-state index in [9.17, 15) is 10.0 Å². The fraction of sp³-hybridized carbons (Fsp3) is 0.611. The van der Waals surface area contributed by atoms with Crippen molar-refractivity contribution in [3.63, 3.8) is 0 Å². The van der Waals surface area contributed by atoms with E-state index in [0.717, 1.165) is 56.4 Å². The predicted molar refractivity (Wildman–Crippen MR) is 87.1 cm³/mol. The molecule has 1 aromatic carbocycles. The first kappa shape index (κ1) is 15.7. The van der Waals surface area contributed by atoms with Gasteiger partial charge in [-0.2, -0.15) is 0 Å². The van der Waals surface area contributed by atoms with Gasteiger partial charge in [0.25, 0.3) is 0 Å².